The van der Waals surface area contributed by atoms with Crippen LogP contribution < -0.4 is 0 Å². The van der Waals surface area contributed by atoms with E-state index in [1.807, 2.05) is 52.8 Å². The zero-order valence-corrected chi connectivity index (χ0v) is 10.5. The van der Waals surface area contributed by atoms with Gasteiger partial charge in [0.25, 0.3) is 0 Å². The molecule has 1 aromatic rings. The Morgan fingerprint density at radius 2 is 1.73 bits per heavy atom. The molecule has 0 aromatic heterocycles. The molecule has 0 amide bonds. The molecule has 0 saturated heterocycles. The Morgan fingerprint density at radius 3 is 2.13 bits per heavy atom. The van der Waals surface area contributed by atoms with Crippen molar-refractivity contribution in [3.8, 4) is 6.07 Å². The largest absolute Gasteiger partial charge is 0.192 e. The lowest BCUT2D eigenvalue weighted by Crippen LogP contribution is -1.81. The van der Waals surface area contributed by atoms with Crippen LogP contribution in [-0.2, 0) is 0 Å². The number of nitrogens with zero attached hydrogens (tertiary/aromatic N) is 1. The Kier molecular flexibility index (Phi) is 11.2. The quantitative estimate of drug-likeness (QED) is 0.656. The molecule has 82 valence electrons. The Labute approximate surface area is 94.1 Å². The van der Waals surface area contributed by atoms with E-state index in [4.69, 9.17) is 5.26 Å². The van der Waals surface area contributed by atoms with Crippen molar-refractivity contribution < 1.29 is 0 Å². The molecule has 0 bridgehead atoms. The third kappa shape index (κ3) is 5.70. The van der Waals surface area contributed by atoms with Gasteiger partial charge in [0.05, 0.1) is 11.6 Å². The molecule has 0 unspecified atom stereocenters. The summed E-state index contributed by atoms with van der Waals surface area (Å²) in [4.78, 5) is 0. The summed E-state index contributed by atoms with van der Waals surface area (Å²) in [6.07, 6.45) is 1.76. The predicted octanol–water partition coefficient (Wildman–Crippen LogP) is 4.56. The highest BCUT2D eigenvalue weighted by molar-refractivity contribution is 5.54. The molecule has 1 nitrogen and oxygen atoms in total. The molecule has 1 heteroatoms. The van der Waals surface area contributed by atoms with Gasteiger partial charge >= 0.3 is 0 Å². The molecule has 0 aliphatic rings. The molecule has 1 rings (SSSR count). The van der Waals surface area contributed by atoms with E-state index in [-0.39, 0.29) is 0 Å². The first-order chi connectivity index (χ1) is 7.27. The van der Waals surface area contributed by atoms with Crippen molar-refractivity contribution >= 4 is 6.08 Å². The van der Waals surface area contributed by atoms with Crippen LogP contribution in [0.4, 0.5) is 0 Å². The summed E-state index contributed by atoms with van der Waals surface area (Å²) in [5, 5.41) is 8.56. The maximum atomic E-state index is 8.56. The Bertz CT molecular complexity index is 319. The number of hydrogen-bond acceptors (Lipinski definition) is 1. The van der Waals surface area contributed by atoms with Crippen molar-refractivity contribution in [2.24, 2.45) is 0 Å². The summed E-state index contributed by atoms with van der Waals surface area (Å²) in [5.74, 6) is 0. The van der Waals surface area contributed by atoms with E-state index in [9.17, 15) is 0 Å². The number of aryl methyl sites for hydroxylation is 1. The summed E-state index contributed by atoms with van der Waals surface area (Å²) in [6.45, 7) is 13.7. The van der Waals surface area contributed by atoms with E-state index in [0.29, 0.717) is 5.56 Å². The first kappa shape index (κ1) is 15.9. The molecule has 0 aliphatic carbocycles. The van der Waals surface area contributed by atoms with Crippen LogP contribution in [0.15, 0.2) is 24.8 Å². The molecule has 0 aliphatic heterocycles. The third-order valence-corrected chi connectivity index (χ3v) is 1.63. The lowest BCUT2D eigenvalue weighted by Gasteiger charge is -1.98. The molecule has 1 aromatic carbocycles. The number of benzene rings is 1. The van der Waals surface area contributed by atoms with Crippen molar-refractivity contribution in [1.82, 2.24) is 0 Å². The highest BCUT2D eigenvalue weighted by Crippen LogP contribution is 2.11. The SMILES string of the molecule is C=Cc1cc(C#N)ccc1C.CC.CC. The number of nitriles is 1. The van der Waals surface area contributed by atoms with E-state index in [0.717, 1.165) is 11.1 Å². The van der Waals surface area contributed by atoms with Gasteiger partial charge in [-0.15, -0.1) is 0 Å². The van der Waals surface area contributed by atoms with Gasteiger partial charge in [0.1, 0.15) is 0 Å². The Balaban J connectivity index is 0. The van der Waals surface area contributed by atoms with Gasteiger partial charge in [0, 0.05) is 0 Å². The van der Waals surface area contributed by atoms with Crippen LogP contribution in [-0.4, -0.2) is 0 Å². The van der Waals surface area contributed by atoms with E-state index < -0.39 is 0 Å². The number of rotatable bonds is 1. The van der Waals surface area contributed by atoms with Crippen LogP contribution in [0.5, 0.6) is 0 Å². The molecular formula is C14H21N. The van der Waals surface area contributed by atoms with Gasteiger partial charge < -0.3 is 0 Å². The normalized spacial score (nSPS) is 7.20. The van der Waals surface area contributed by atoms with Crippen LogP contribution in [0.1, 0.15) is 44.4 Å². The topological polar surface area (TPSA) is 23.8 Å². The van der Waals surface area contributed by atoms with Crippen molar-refractivity contribution in [1.29, 1.82) is 5.26 Å². The van der Waals surface area contributed by atoms with Crippen LogP contribution in [0.3, 0.4) is 0 Å². The van der Waals surface area contributed by atoms with E-state index in [1.165, 1.54) is 0 Å². The zero-order chi connectivity index (χ0) is 12.3. The van der Waals surface area contributed by atoms with E-state index in [1.54, 1.807) is 6.08 Å². The molecular weight excluding hydrogens is 182 g/mol. The van der Waals surface area contributed by atoms with Crippen LogP contribution in [0.2, 0.25) is 0 Å². The molecule has 0 spiro atoms. The second-order valence-corrected chi connectivity index (χ2v) is 2.39. The maximum absolute atomic E-state index is 8.56. The second-order valence-electron chi connectivity index (χ2n) is 2.39. The molecule has 0 radical (unpaired) electrons. The van der Waals surface area contributed by atoms with Crippen LogP contribution in [0, 0.1) is 18.3 Å². The summed E-state index contributed by atoms with van der Waals surface area (Å²) in [5.41, 5.74) is 2.87. The molecule has 0 atom stereocenters. The minimum absolute atomic E-state index is 0.686. The lowest BCUT2D eigenvalue weighted by molar-refractivity contribution is 1.41. The van der Waals surface area contributed by atoms with Gasteiger partial charge in [-0.25, -0.2) is 0 Å². The standard InChI is InChI=1S/C10H9N.2C2H6/c1-3-10-6-9(7-11)5-4-8(10)2;2*1-2/h3-6H,1H2,2H3;2*1-2H3. The maximum Gasteiger partial charge on any atom is 0.0991 e. The van der Waals surface area contributed by atoms with Gasteiger partial charge in [0.15, 0.2) is 0 Å². The monoisotopic (exact) mass is 203 g/mol. The highest BCUT2D eigenvalue weighted by Gasteiger charge is 1.94. The number of hydrogen-bond donors (Lipinski definition) is 0. The minimum Gasteiger partial charge on any atom is -0.192 e. The van der Waals surface area contributed by atoms with Crippen LogP contribution in [0.25, 0.3) is 6.08 Å². The van der Waals surface area contributed by atoms with Gasteiger partial charge in [-0.2, -0.15) is 5.26 Å². The minimum atomic E-state index is 0.686. The fourth-order valence-corrected chi connectivity index (χ4v) is 0.930. The van der Waals surface area contributed by atoms with E-state index in [2.05, 4.69) is 12.6 Å². The molecule has 0 saturated carbocycles. The molecule has 0 N–H and O–H groups in total. The van der Waals surface area contributed by atoms with E-state index >= 15 is 0 Å². The smallest absolute Gasteiger partial charge is 0.0991 e. The summed E-state index contributed by atoms with van der Waals surface area (Å²) in [6, 6.07) is 7.65. The molecule has 0 heterocycles. The predicted molar refractivity (Wildman–Crippen MR) is 68.7 cm³/mol. The van der Waals surface area contributed by atoms with Gasteiger partial charge in [-0.05, 0) is 30.2 Å². The highest BCUT2D eigenvalue weighted by atomic mass is 14.2. The summed E-state index contributed by atoms with van der Waals surface area (Å²) in [7, 11) is 0. The zero-order valence-electron chi connectivity index (χ0n) is 10.5. The summed E-state index contributed by atoms with van der Waals surface area (Å²) < 4.78 is 0. The van der Waals surface area contributed by atoms with Gasteiger partial charge in [0.2, 0.25) is 0 Å². The lowest BCUT2D eigenvalue weighted by atomic mass is 10.1. The first-order valence-corrected chi connectivity index (χ1v) is 5.41. The fourth-order valence-electron chi connectivity index (χ4n) is 0.930. The van der Waals surface area contributed by atoms with Crippen LogP contribution >= 0.6 is 0 Å². The van der Waals surface area contributed by atoms with Crippen molar-refractivity contribution in [2.45, 2.75) is 34.6 Å². The molecule has 15 heavy (non-hydrogen) atoms. The molecule has 0 fully saturated rings. The fraction of sp³-hybridized carbons (Fsp3) is 0.357. The Hall–Kier alpha value is -1.55. The van der Waals surface area contributed by atoms with Gasteiger partial charge in [-0.1, -0.05) is 46.4 Å². The first-order valence-electron chi connectivity index (χ1n) is 5.41. The Morgan fingerprint density at radius 1 is 1.20 bits per heavy atom. The summed E-state index contributed by atoms with van der Waals surface area (Å²) >= 11 is 0. The van der Waals surface area contributed by atoms with Gasteiger partial charge in [-0.3, -0.25) is 0 Å². The average Bonchev–Trinajstić information content (AvgIpc) is 2.35. The van der Waals surface area contributed by atoms with Crippen molar-refractivity contribution in [3.63, 3.8) is 0 Å². The van der Waals surface area contributed by atoms with Crippen molar-refractivity contribution in [2.75, 3.05) is 0 Å². The third-order valence-electron chi connectivity index (χ3n) is 1.63. The average molecular weight is 203 g/mol. The second kappa shape index (κ2) is 10.5. The van der Waals surface area contributed by atoms with Crippen molar-refractivity contribution in [3.05, 3.63) is 41.5 Å².